The SMILES string of the molecule is CCOC(=O)c1ccc(C2C(C(=O)OCC)NC(c3ccc(Cl)cc3)C2C(=O)OCC)cc1. The lowest BCUT2D eigenvalue weighted by Crippen LogP contribution is -2.37. The van der Waals surface area contributed by atoms with Crippen molar-refractivity contribution >= 4 is 29.5 Å². The summed E-state index contributed by atoms with van der Waals surface area (Å²) in [7, 11) is 0. The quantitative estimate of drug-likeness (QED) is 0.456. The van der Waals surface area contributed by atoms with Gasteiger partial charge in [-0.05, 0) is 56.2 Å². The second kappa shape index (κ2) is 11.3. The number of nitrogens with one attached hydrogen (secondary N) is 1. The van der Waals surface area contributed by atoms with E-state index < -0.39 is 41.8 Å². The van der Waals surface area contributed by atoms with Crippen LogP contribution in [0.1, 0.15) is 54.2 Å². The van der Waals surface area contributed by atoms with Gasteiger partial charge in [-0.2, -0.15) is 0 Å². The number of hydrogen-bond acceptors (Lipinski definition) is 7. The zero-order valence-electron chi connectivity index (χ0n) is 18.9. The van der Waals surface area contributed by atoms with Gasteiger partial charge in [0.25, 0.3) is 0 Å². The number of halogens is 1. The van der Waals surface area contributed by atoms with Gasteiger partial charge in [0, 0.05) is 17.0 Å². The average Bonchev–Trinajstić information content (AvgIpc) is 3.21. The van der Waals surface area contributed by atoms with Crippen molar-refractivity contribution in [3.63, 3.8) is 0 Å². The Balaban J connectivity index is 2.05. The minimum Gasteiger partial charge on any atom is -0.466 e. The molecule has 2 aromatic carbocycles. The van der Waals surface area contributed by atoms with Crippen molar-refractivity contribution in [3.8, 4) is 0 Å². The Morgan fingerprint density at radius 1 is 0.788 bits per heavy atom. The summed E-state index contributed by atoms with van der Waals surface area (Å²) in [5, 5.41) is 3.86. The molecule has 4 unspecified atom stereocenters. The third kappa shape index (κ3) is 5.54. The van der Waals surface area contributed by atoms with Crippen LogP contribution in [0.2, 0.25) is 5.02 Å². The molecule has 176 valence electrons. The van der Waals surface area contributed by atoms with Gasteiger partial charge in [-0.1, -0.05) is 35.9 Å². The van der Waals surface area contributed by atoms with E-state index in [9.17, 15) is 14.4 Å². The fourth-order valence-electron chi connectivity index (χ4n) is 4.21. The number of ether oxygens (including phenoxy) is 3. The topological polar surface area (TPSA) is 90.9 Å². The van der Waals surface area contributed by atoms with E-state index in [1.54, 1.807) is 57.2 Å². The fraction of sp³-hybridized carbons (Fsp3) is 0.400. The molecule has 7 nitrogen and oxygen atoms in total. The predicted molar refractivity (Wildman–Crippen MR) is 123 cm³/mol. The van der Waals surface area contributed by atoms with Crippen molar-refractivity contribution in [3.05, 3.63) is 70.2 Å². The van der Waals surface area contributed by atoms with Crippen molar-refractivity contribution in [2.24, 2.45) is 5.92 Å². The number of benzene rings is 2. The van der Waals surface area contributed by atoms with E-state index in [4.69, 9.17) is 25.8 Å². The van der Waals surface area contributed by atoms with Crippen molar-refractivity contribution in [2.75, 3.05) is 19.8 Å². The Labute approximate surface area is 198 Å². The Kier molecular flexibility index (Phi) is 8.47. The lowest BCUT2D eigenvalue weighted by Gasteiger charge is -2.24. The monoisotopic (exact) mass is 473 g/mol. The molecule has 0 aromatic heterocycles. The highest BCUT2D eigenvalue weighted by molar-refractivity contribution is 6.30. The minimum absolute atomic E-state index is 0.210. The third-order valence-corrected chi connectivity index (χ3v) is 5.85. The molecular weight excluding hydrogens is 446 g/mol. The van der Waals surface area contributed by atoms with Gasteiger partial charge in [0.1, 0.15) is 6.04 Å². The first-order chi connectivity index (χ1) is 15.9. The van der Waals surface area contributed by atoms with E-state index in [2.05, 4.69) is 5.32 Å². The highest BCUT2D eigenvalue weighted by Crippen LogP contribution is 2.44. The molecule has 1 fully saturated rings. The molecule has 0 aliphatic carbocycles. The minimum atomic E-state index is -0.784. The van der Waals surface area contributed by atoms with Gasteiger partial charge in [-0.25, -0.2) is 4.79 Å². The van der Waals surface area contributed by atoms with Crippen LogP contribution >= 0.6 is 11.6 Å². The van der Waals surface area contributed by atoms with E-state index in [0.29, 0.717) is 16.1 Å². The first-order valence-electron chi connectivity index (χ1n) is 11.0. The van der Waals surface area contributed by atoms with Gasteiger partial charge in [-0.3, -0.25) is 14.9 Å². The van der Waals surface area contributed by atoms with Gasteiger partial charge in [-0.15, -0.1) is 0 Å². The molecule has 33 heavy (non-hydrogen) atoms. The summed E-state index contributed by atoms with van der Waals surface area (Å²) in [6, 6.07) is 12.6. The Morgan fingerprint density at radius 2 is 1.33 bits per heavy atom. The highest BCUT2D eigenvalue weighted by Gasteiger charge is 2.52. The number of esters is 3. The molecule has 1 aliphatic rings. The van der Waals surface area contributed by atoms with Crippen molar-refractivity contribution in [1.82, 2.24) is 5.32 Å². The predicted octanol–water partition coefficient (Wildman–Crippen LogP) is 4.06. The first kappa shape index (κ1) is 24.7. The Hall–Kier alpha value is -2.90. The average molecular weight is 474 g/mol. The third-order valence-electron chi connectivity index (χ3n) is 5.60. The van der Waals surface area contributed by atoms with Crippen molar-refractivity contribution in [2.45, 2.75) is 38.8 Å². The molecule has 0 spiro atoms. The van der Waals surface area contributed by atoms with Crippen LogP contribution in [0, 0.1) is 5.92 Å². The summed E-state index contributed by atoms with van der Waals surface area (Å²) in [6.45, 7) is 5.90. The maximum Gasteiger partial charge on any atom is 0.338 e. The van der Waals surface area contributed by atoms with Crippen LogP contribution < -0.4 is 5.32 Å². The number of rotatable bonds is 8. The summed E-state index contributed by atoms with van der Waals surface area (Å²) in [5.41, 5.74) is 1.90. The number of carbonyl (C=O) groups is 3. The summed E-state index contributed by atoms with van der Waals surface area (Å²) in [6.07, 6.45) is 0. The molecule has 1 heterocycles. The van der Waals surface area contributed by atoms with Crippen LogP contribution in [0.15, 0.2) is 48.5 Å². The van der Waals surface area contributed by atoms with E-state index >= 15 is 0 Å². The summed E-state index contributed by atoms with van der Waals surface area (Å²) in [5.74, 6) is -2.58. The molecular formula is C25H28ClNO6. The molecule has 1 aliphatic heterocycles. The maximum atomic E-state index is 13.2. The van der Waals surface area contributed by atoms with E-state index in [0.717, 1.165) is 5.56 Å². The Morgan fingerprint density at radius 3 is 1.91 bits per heavy atom. The van der Waals surface area contributed by atoms with Crippen LogP contribution in [0.25, 0.3) is 0 Å². The number of carbonyl (C=O) groups excluding carboxylic acids is 3. The smallest absolute Gasteiger partial charge is 0.338 e. The van der Waals surface area contributed by atoms with Gasteiger partial charge in [0.2, 0.25) is 0 Å². The molecule has 1 saturated heterocycles. The Bertz CT molecular complexity index is 975. The van der Waals surface area contributed by atoms with Crippen LogP contribution in [0.5, 0.6) is 0 Å². The zero-order chi connectivity index (χ0) is 24.0. The molecule has 0 saturated carbocycles. The van der Waals surface area contributed by atoms with Gasteiger partial charge < -0.3 is 14.2 Å². The largest absolute Gasteiger partial charge is 0.466 e. The van der Waals surface area contributed by atoms with Crippen LogP contribution in [-0.2, 0) is 23.8 Å². The van der Waals surface area contributed by atoms with Crippen molar-refractivity contribution < 1.29 is 28.6 Å². The molecule has 0 bridgehead atoms. The van der Waals surface area contributed by atoms with E-state index in [1.807, 2.05) is 12.1 Å². The molecule has 1 N–H and O–H groups in total. The summed E-state index contributed by atoms with van der Waals surface area (Å²) in [4.78, 5) is 38.1. The zero-order valence-corrected chi connectivity index (χ0v) is 19.6. The molecule has 0 amide bonds. The van der Waals surface area contributed by atoms with Crippen LogP contribution in [0.3, 0.4) is 0 Å². The molecule has 0 radical (unpaired) electrons. The van der Waals surface area contributed by atoms with Gasteiger partial charge >= 0.3 is 17.9 Å². The standard InChI is InChI=1S/C25H28ClNO6/c1-4-31-23(28)17-9-7-15(8-10-17)19-20(24(29)32-5-2)21(16-11-13-18(26)14-12-16)27-22(19)25(30)33-6-3/h7-14,19-22,27H,4-6H2,1-3H3. The highest BCUT2D eigenvalue weighted by atomic mass is 35.5. The second-order valence-corrected chi connectivity index (χ2v) is 8.01. The molecule has 3 rings (SSSR count). The number of hydrogen-bond donors (Lipinski definition) is 1. The molecule has 2 aromatic rings. The second-order valence-electron chi connectivity index (χ2n) is 7.57. The van der Waals surface area contributed by atoms with E-state index in [-0.39, 0.29) is 19.8 Å². The fourth-order valence-corrected chi connectivity index (χ4v) is 4.34. The lowest BCUT2D eigenvalue weighted by atomic mass is 9.79. The maximum absolute atomic E-state index is 13.2. The van der Waals surface area contributed by atoms with E-state index in [1.165, 1.54) is 0 Å². The first-order valence-corrected chi connectivity index (χ1v) is 11.4. The van der Waals surface area contributed by atoms with Gasteiger partial charge in [0.15, 0.2) is 0 Å². The summed E-state index contributed by atoms with van der Waals surface area (Å²) < 4.78 is 15.8. The lowest BCUT2D eigenvalue weighted by molar-refractivity contribution is -0.149. The van der Waals surface area contributed by atoms with Gasteiger partial charge in [0.05, 0.1) is 31.3 Å². The van der Waals surface area contributed by atoms with Crippen LogP contribution in [-0.4, -0.2) is 43.8 Å². The molecule has 4 atom stereocenters. The normalized spacial score (nSPS) is 21.9. The summed E-state index contributed by atoms with van der Waals surface area (Å²) >= 11 is 6.05. The van der Waals surface area contributed by atoms with Crippen LogP contribution in [0.4, 0.5) is 0 Å². The van der Waals surface area contributed by atoms with Crippen molar-refractivity contribution in [1.29, 1.82) is 0 Å². The molecule has 8 heteroatoms.